The van der Waals surface area contributed by atoms with Gasteiger partial charge in [-0.3, -0.25) is 25.2 Å². The van der Waals surface area contributed by atoms with Gasteiger partial charge in [-0.15, -0.1) is 11.3 Å². The molecule has 3 aromatic rings. The van der Waals surface area contributed by atoms with Gasteiger partial charge in [-0.25, -0.2) is 9.48 Å². The van der Waals surface area contributed by atoms with Gasteiger partial charge < -0.3 is 20.5 Å². The highest BCUT2D eigenvalue weighted by atomic mass is 32.1. The fourth-order valence-corrected chi connectivity index (χ4v) is 3.89. The third-order valence-electron chi connectivity index (χ3n) is 4.93. The van der Waals surface area contributed by atoms with Crippen molar-refractivity contribution in [1.82, 2.24) is 31.3 Å². The van der Waals surface area contributed by atoms with E-state index in [1.165, 1.54) is 37.6 Å². The largest absolute Gasteiger partial charge is 0.496 e. The summed E-state index contributed by atoms with van der Waals surface area (Å²) in [6, 6.07) is 7.02. The first-order valence-electron chi connectivity index (χ1n) is 10.7. The van der Waals surface area contributed by atoms with Gasteiger partial charge in [0.15, 0.2) is 5.69 Å². The summed E-state index contributed by atoms with van der Waals surface area (Å²) in [5.74, 6) is -2.25. The van der Waals surface area contributed by atoms with E-state index in [0.29, 0.717) is 10.9 Å². The number of nitrogens with zero attached hydrogens (tertiary/aromatic N) is 2. The molecule has 0 fully saturated rings. The van der Waals surface area contributed by atoms with Crippen LogP contribution in [0.25, 0.3) is 5.69 Å². The molecule has 38 heavy (non-hydrogen) atoms. The summed E-state index contributed by atoms with van der Waals surface area (Å²) in [5.41, 5.74) is 2.50. The average molecular weight is 555 g/mol. The molecule has 2 aromatic heterocycles. The number of carbonyl (C=O) groups is 4. The van der Waals surface area contributed by atoms with Crippen molar-refractivity contribution in [3.05, 3.63) is 63.6 Å². The van der Waals surface area contributed by atoms with Gasteiger partial charge in [0.2, 0.25) is 5.91 Å². The van der Waals surface area contributed by atoms with Gasteiger partial charge in [0, 0.05) is 16.3 Å². The molecule has 3 rings (SSSR count). The number of halogens is 3. The molecule has 1 unspecified atom stereocenters. The Bertz CT molecular complexity index is 1360. The number of aromatic nitrogens is 2. The first-order chi connectivity index (χ1) is 17.9. The first kappa shape index (κ1) is 28.0. The third kappa shape index (κ3) is 6.78. The van der Waals surface area contributed by atoms with Crippen LogP contribution in [0.1, 0.15) is 38.3 Å². The van der Waals surface area contributed by atoms with E-state index < -0.39 is 47.4 Å². The Balaban J connectivity index is 1.78. The van der Waals surface area contributed by atoms with Crippen LogP contribution in [0.4, 0.5) is 18.0 Å². The molecule has 0 bridgehead atoms. The zero-order valence-electron chi connectivity index (χ0n) is 19.8. The van der Waals surface area contributed by atoms with E-state index in [0.717, 1.165) is 16.0 Å². The fraction of sp³-hybridized carbons (Fsp3) is 0.227. The Kier molecular flexibility index (Phi) is 8.57. The summed E-state index contributed by atoms with van der Waals surface area (Å²) >= 11 is 1.06. The van der Waals surface area contributed by atoms with Crippen LogP contribution in [0.5, 0.6) is 5.75 Å². The van der Waals surface area contributed by atoms with Gasteiger partial charge >= 0.3 is 12.3 Å². The molecule has 5 N–H and O–H groups in total. The molecule has 0 saturated carbocycles. The summed E-state index contributed by atoms with van der Waals surface area (Å²) < 4.78 is 46.0. The number of hydrogen-bond donors (Lipinski definition) is 5. The standard InChI is InChI=1S/C22H21F3N6O6S/c1-11(27-21(35)36)18(32)26-9-13-7-12(10-38-13)31-15(8-17(30-31)22(23,24)25)20(34)29-28-19(33)14-5-3-4-6-16(14)37-2/h3-8,10-11,27H,9H2,1-2H3,(H,26,32)(H,28,33)(H,29,34)(H,35,36). The van der Waals surface area contributed by atoms with Crippen molar-refractivity contribution < 1.29 is 42.2 Å². The quantitative estimate of drug-likeness (QED) is 0.267. The van der Waals surface area contributed by atoms with Crippen LogP contribution in [0.3, 0.4) is 0 Å². The van der Waals surface area contributed by atoms with Gasteiger partial charge in [0.1, 0.15) is 17.5 Å². The predicted molar refractivity (Wildman–Crippen MR) is 127 cm³/mol. The molecule has 0 aliphatic rings. The first-order valence-corrected chi connectivity index (χ1v) is 11.5. The molecule has 12 nitrogen and oxygen atoms in total. The summed E-state index contributed by atoms with van der Waals surface area (Å²) in [7, 11) is 1.34. The number of rotatable bonds is 8. The number of amides is 4. The molecule has 0 aliphatic heterocycles. The number of thiophene rings is 1. The van der Waals surface area contributed by atoms with E-state index in [1.54, 1.807) is 12.1 Å². The van der Waals surface area contributed by atoms with Gasteiger partial charge in [-0.2, -0.15) is 18.3 Å². The lowest BCUT2D eigenvalue weighted by Crippen LogP contribution is -2.43. The van der Waals surface area contributed by atoms with Crippen LogP contribution >= 0.6 is 11.3 Å². The Labute approximate surface area is 216 Å². The van der Waals surface area contributed by atoms with Crippen molar-refractivity contribution in [3.8, 4) is 11.4 Å². The topological polar surface area (TPSA) is 164 Å². The fourth-order valence-electron chi connectivity index (χ4n) is 3.11. The molecule has 202 valence electrons. The lowest BCUT2D eigenvalue weighted by molar-refractivity contribution is -0.141. The lowest BCUT2D eigenvalue weighted by Gasteiger charge is -2.11. The van der Waals surface area contributed by atoms with E-state index in [1.807, 2.05) is 5.32 Å². The van der Waals surface area contributed by atoms with Gasteiger partial charge in [0.05, 0.1) is 24.9 Å². The van der Waals surface area contributed by atoms with Crippen molar-refractivity contribution in [2.24, 2.45) is 0 Å². The number of nitrogens with one attached hydrogen (secondary N) is 4. The van der Waals surface area contributed by atoms with Crippen LogP contribution in [0, 0.1) is 0 Å². The maximum Gasteiger partial charge on any atom is 0.435 e. The lowest BCUT2D eigenvalue weighted by atomic mass is 10.2. The minimum absolute atomic E-state index is 0.0565. The summed E-state index contributed by atoms with van der Waals surface area (Å²) in [6.45, 7) is 1.28. The molecule has 1 atom stereocenters. The zero-order valence-corrected chi connectivity index (χ0v) is 20.6. The van der Waals surface area contributed by atoms with Crippen LogP contribution in [0.2, 0.25) is 0 Å². The van der Waals surface area contributed by atoms with E-state index in [-0.39, 0.29) is 23.5 Å². The number of alkyl halides is 3. The monoisotopic (exact) mass is 554 g/mol. The minimum Gasteiger partial charge on any atom is -0.496 e. The van der Waals surface area contributed by atoms with Crippen molar-refractivity contribution in [2.75, 3.05) is 7.11 Å². The number of carbonyl (C=O) groups excluding carboxylic acids is 3. The normalized spacial score (nSPS) is 11.8. The molecule has 0 aliphatic carbocycles. The van der Waals surface area contributed by atoms with Gasteiger partial charge in [-0.1, -0.05) is 12.1 Å². The number of para-hydroxylation sites is 1. The smallest absolute Gasteiger partial charge is 0.435 e. The molecule has 0 radical (unpaired) electrons. The molecule has 2 heterocycles. The number of carboxylic acid groups (broad SMARTS) is 1. The molecule has 1 aromatic carbocycles. The molecule has 0 saturated heterocycles. The zero-order chi connectivity index (χ0) is 28.0. The van der Waals surface area contributed by atoms with Crippen LogP contribution in [-0.4, -0.2) is 51.9 Å². The third-order valence-corrected chi connectivity index (χ3v) is 5.85. The SMILES string of the molecule is COc1ccccc1C(=O)NNC(=O)c1cc(C(F)(F)F)nn1-c1csc(CNC(=O)C(C)NC(=O)O)c1. The summed E-state index contributed by atoms with van der Waals surface area (Å²) in [4.78, 5) is 48.3. The van der Waals surface area contributed by atoms with E-state index in [2.05, 4.69) is 21.3 Å². The maximum absolute atomic E-state index is 13.4. The van der Waals surface area contributed by atoms with Crippen LogP contribution in [0.15, 0.2) is 41.8 Å². The highest BCUT2D eigenvalue weighted by molar-refractivity contribution is 7.10. The maximum atomic E-state index is 13.4. The average Bonchev–Trinajstić information content (AvgIpc) is 3.52. The van der Waals surface area contributed by atoms with Gasteiger partial charge in [-0.05, 0) is 25.1 Å². The Morgan fingerprint density at radius 1 is 1.13 bits per heavy atom. The molecular weight excluding hydrogens is 533 g/mol. The molecule has 0 spiro atoms. The highest BCUT2D eigenvalue weighted by Gasteiger charge is 2.36. The number of benzene rings is 1. The van der Waals surface area contributed by atoms with Crippen molar-refractivity contribution in [2.45, 2.75) is 25.7 Å². The van der Waals surface area contributed by atoms with Crippen molar-refractivity contribution in [1.29, 1.82) is 0 Å². The van der Waals surface area contributed by atoms with Crippen molar-refractivity contribution >= 4 is 35.2 Å². The van der Waals surface area contributed by atoms with E-state index >= 15 is 0 Å². The second-order valence-electron chi connectivity index (χ2n) is 7.59. The van der Waals surface area contributed by atoms with E-state index in [4.69, 9.17) is 9.84 Å². The highest BCUT2D eigenvalue weighted by Crippen LogP contribution is 2.30. The van der Waals surface area contributed by atoms with Gasteiger partial charge in [0.25, 0.3) is 11.8 Å². The van der Waals surface area contributed by atoms with Crippen molar-refractivity contribution in [3.63, 3.8) is 0 Å². The van der Waals surface area contributed by atoms with Crippen LogP contribution in [-0.2, 0) is 17.5 Å². The summed E-state index contributed by atoms with van der Waals surface area (Å²) in [6.07, 6.45) is -6.24. The Morgan fingerprint density at radius 2 is 1.82 bits per heavy atom. The molecule has 16 heteroatoms. The van der Waals surface area contributed by atoms with Crippen LogP contribution < -0.4 is 26.2 Å². The second-order valence-corrected chi connectivity index (χ2v) is 8.59. The Hall–Kier alpha value is -4.60. The second kappa shape index (κ2) is 11.6. The Morgan fingerprint density at radius 3 is 2.47 bits per heavy atom. The predicted octanol–water partition coefficient (Wildman–Crippen LogP) is 2.31. The summed E-state index contributed by atoms with van der Waals surface area (Å²) in [5, 5.41) is 18.1. The van der Waals surface area contributed by atoms with E-state index in [9.17, 15) is 32.3 Å². The number of hydrogen-bond acceptors (Lipinski definition) is 7. The molecule has 4 amide bonds. The minimum atomic E-state index is -4.86. The number of methoxy groups -OCH3 is 1. The molecular formula is C22H21F3N6O6S. The number of ether oxygens (including phenoxy) is 1. The number of hydrazine groups is 1.